The lowest BCUT2D eigenvalue weighted by Crippen LogP contribution is -2.44. The Hall–Kier alpha value is -1.62. The second-order valence-corrected chi connectivity index (χ2v) is 6.31. The lowest BCUT2D eigenvalue weighted by atomic mass is 9.69. The van der Waals surface area contributed by atoms with Gasteiger partial charge >= 0.3 is 5.97 Å². The van der Waals surface area contributed by atoms with E-state index in [1.807, 2.05) is 13.0 Å². The van der Waals surface area contributed by atoms with Gasteiger partial charge < -0.3 is 15.1 Å². The number of hydrogen-bond donors (Lipinski definition) is 2. The summed E-state index contributed by atoms with van der Waals surface area (Å²) in [5.41, 5.74) is -0.490. The first-order valence-corrected chi connectivity index (χ1v) is 7.71. The molecular weight excluding hydrogens is 268 g/mol. The molecule has 5 heteroatoms. The van der Waals surface area contributed by atoms with Crippen LogP contribution in [0.15, 0.2) is 18.2 Å². The SMILES string of the molecule is CC[C@@]1(O)CCC[C@@H]2CN(c3cccc(C(=O)O)n3)C[C@@H]21. The zero-order valence-electron chi connectivity index (χ0n) is 12.3. The van der Waals surface area contributed by atoms with Crippen molar-refractivity contribution < 1.29 is 15.0 Å². The van der Waals surface area contributed by atoms with Crippen LogP contribution < -0.4 is 4.90 Å². The number of aromatic nitrogens is 1. The molecule has 1 aliphatic carbocycles. The average molecular weight is 290 g/mol. The summed E-state index contributed by atoms with van der Waals surface area (Å²) < 4.78 is 0. The molecule has 1 aromatic heterocycles. The highest BCUT2D eigenvalue weighted by atomic mass is 16.4. The van der Waals surface area contributed by atoms with Gasteiger partial charge in [0.05, 0.1) is 5.60 Å². The fraction of sp³-hybridized carbons (Fsp3) is 0.625. The topological polar surface area (TPSA) is 73.7 Å². The van der Waals surface area contributed by atoms with Crippen LogP contribution in [0.5, 0.6) is 0 Å². The highest BCUT2D eigenvalue weighted by Gasteiger charge is 2.47. The predicted octanol–water partition coefficient (Wildman–Crippen LogP) is 2.16. The van der Waals surface area contributed by atoms with Crippen LogP contribution in [0.3, 0.4) is 0 Å². The first kappa shape index (κ1) is 14.3. The Labute approximate surface area is 124 Å². The van der Waals surface area contributed by atoms with Gasteiger partial charge in [-0.25, -0.2) is 9.78 Å². The van der Waals surface area contributed by atoms with Gasteiger partial charge in [-0.3, -0.25) is 0 Å². The first-order chi connectivity index (χ1) is 10.0. The van der Waals surface area contributed by atoms with Crippen LogP contribution >= 0.6 is 0 Å². The molecular formula is C16H22N2O3. The number of pyridine rings is 1. The van der Waals surface area contributed by atoms with E-state index in [-0.39, 0.29) is 11.6 Å². The largest absolute Gasteiger partial charge is 0.477 e. The van der Waals surface area contributed by atoms with Gasteiger partial charge in [-0.1, -0.05) is 19.4 Å². The third-order valence-corrected chi connectivity index (χ3v) is 5.21. The molecule has 0 bridgehead atoms. The molecule has 1 saturated carbocycles. The number of carbonyl (C=O) groups is 1. The maximum atomic E-state index is 11.0. The normalized spacial score (nSPS) is 32.0. The molecule has 0 spiro atoms. The molecule has 2 fully saturated rings. The number of nitrogens with zero attached hydrogens (tertiary/aromatic N) is 2. The fourth-order valence-corrected chi connectivity index (χ4v) is 3.97. The first-order valence-electron chi connectivity index (χ1n) is 7.71. The number of aromatic carboxylic acids is 1. The quantitative estimate of drug-likeness (QED) is 0.892. The number of aliphatic hydroxyl groups is 1. The van der Waals surface area contributed by atoms with Gasteiger partial charge in [0, 0.05) is 19.0 Å². The summed E-state index contributed by atoms with van der Waals surface area (Å²) in [5.74, 6) is 0.465. The van der Waals surface area contributed by atoms with Crippen molar-refractivity contribution in [2.75, 3.05) is 18.0 Å². The maximum Gasteiger partial charge on any atom is 0.354 e. The van der Waals surface area contributed by atoms with E-state index < -0.39 is 11.6 Å². The number of anilines is 1. The zero-order chi connectivity index (χ0) is 15.0. The molecule has 2 heterocycles. The van der Waals surface area contributed by atoms with Gasteiger partial charge in [-0.05, 0) is 37.3 Å². The molecule has 2 aliphatic rings. The fourth-order valence-electron chi connectivity index (χ4n) is 3.97. The van der Waals surface area contributed by atoms with Crippen molar-refractivity contribution in [1.29, 1.82) is 0 Å². The van der Waals surface area contributed by atoms with Crippen molar-refractivity contribution in [3.05, 3.63) is 23.9 Å². The monoisotopic (exact) mass is 290 g/mol. The van der Waals surface area contributed by atoms with Crippen molar-refractivity contribution in [2.45, 2.75) is 38.2 Å². The number of fused-ring (bicyclic) bond motifs is 1. The number of carboxylic acids is 1. The average Bonchev–Trinajstić information content (AvgIpc) is 2.93. The molecule has 1 aliphatic heterocycles. The van der Waals surface area contributed by atoms with Crippen LogP contribution in [0.4, 0.5) is 5.82 Å². The van der Waals surface area contributed by atoms with Gasteiger partial charge in [0.1, 0.15) is 5.82 Å². The Balaban J connectivity index is 1.83. The predicted molar refractivity (Wildman–Crippen MR) is 79.5 cm³/mol. The second kappa shape index (κ2) is 5.30. The Morgan fingerprint density at radius 1 is 1.48 bits per heavy atom. The Morgan fingerprint density at radius 2 is 2.29 bits per heavy atom. The summed E-state index contributed by atoms with van der Waals surface area (Å²) in [4.78, 5) is 17.4. The third-order valence-electron chi connectivity index (χ3n) is 5.21. The molecule has 0 radical (unpaired) electrons. The molecule has 0 aromatic carbocycles. The van der Waals surface area contributed by atoms with E-state index in [9.17, 15) is 9.90 Å². The van der Waals surface area contributed by atoms with Crippen LogP contribution in [0.25, 0.3) is 0 Å². The molecule has 3 rings (SSSR count). The number of carboxylic acid groups (broad SMARTS) is 1. The molecule has 5 nitrogen and oxygen atoms in total. The van der Waals surface area contributed by atoms with E-state index in [2.05, 4.69) is 9.88 Å². The van der Waals surface area contributed by atoms with E-state index in [0.29, 0.717) is 11.7 Å². The lowest BCUT2D eigenvalue weighted by molar-refractivity contribution is -0.0597. The standard InChI is InChI=1S/C16H22N2O3/c1-2-16(21)8-4-5-11-9-18(10-12(11)16)14-7-3-6-13(17-14)15(19)20/h3,6-7,11-12,21H,2,4-5,8-10H2,1H3,(H,19,20)/t11-,12+,16-/m1/s1. The molecule has 2 N–H and O–H groups in total. The maximum absolute atomic E-state index is 11.0. The molecule has 1 aromatic rings. The van der Waals surface area contributed by atoms with Crippen LogP contribution in [-0.2, 0) is 0 Å². The van der Waals surface area contributed by atoms with Gasteiger partial charge in [0.2, 0.25) is 0 Å². The van der Waals surface area contributed by atoms with Crippen LogP contribution in [-0.4, -0.2) is 39.9 Å². The summed E-state index contributed by atoms with van der Waals surface area (Å²) >= 11 is 0. The minimum Gasteiger partial charge on any atom is -0.477 e. The minimum atomic E-state index is -1.00. The van der Waals surface area contributed by atoms with Crippen LogP contribution in [0.1, 0.15) is 43.1 Å². The summed E-state index contributed by atoms with van der Waals surface area (Å²) in [7, 11) is 0. The van der Waals surface area contributed by atoms with Gasteiger partial charge in [-0.15, -0.1) is 0 Å². The van der Waals surface area contributed by atoms with Gasteiger partial charge in [-0.2, -0.15) is 0 Å². The Morgan fingerprint density at radius 3 is 3.00 bits per heavy atom. The third kappa shape index (κ3) is 2.50. The van der Waals surface area contributed by atoms with Crippen molar-refractivity contribution >= 4 is 11.8 Å². The highest BCUT2D eigenvalue weighted by Crippen LogP contribution is 2.45. The highest BCUT2D eigenvalue weighted by molar-refractivity contribution is 5.85. The molecule has 3 atom stereocenters. The van der Waals surface area contributed by atoms with Gasteiger partial charge in [0.25, 0.3) is 0 Å². The van der Waals surface area contributed by atoms with E-state index >= 15 is 0 Å². The number of hydrogen-bond acceptors (Lipinski definition) is 4. The summed E-state index contributed by atoms with van der Waals surface area (Å²) in [6.07, 6.45) is 3.87. The molecule has 1 saturated heterocycles. The molecule has 0 unspecified atom stereocenters. The van der Waals surface area contributed by atoms with Crippen molar-refractivity contribution in [1.82, 2.24) is 4.98 Å². The summed E-state index contributed by atoms with van der Waals surface area (Å²) in [6, 6.07) is 5.10. The summed E-state index contributed by atoms with van der Waals surface area (Å²) in [5, 5.41) is 19.9. The van der Waals surface area contributed by atoms with E-state index in [1.54, 1.807) is 6.07 Å². The lowest BCUT2D eigenvalue weighted by Gasteiger charge is -2.40. The zero-order valence-corrected chi connectivity index (χ0v) is 12.3. The molecule has 21 heavy (non-hydrogen) atoms. The second-order valence-electron chi connectivity index (χ2n) is 6.31. The van der Waals surface area contributed by atoms with E-state index in [4.69, 9.17) is 5.11 Å². The van der Waals surface area contributed by atoms with Crippen molar-refractivity contribution in [3.8, 4) is 0 Å². The smallest absolute Gasteiger partial charge is 0.354 e. The van der Waals surface area contributed by atoms with Crippen molar-refractivity contribution in [3.63, 3.8) is 0 Å². The van der Waals surface area contributed by atoms with Crippen molar-refractivity contribution in [2.24, 2.45) is 11.8 Å². The minimum absolute atomic E-state index is 0.0770. The Kier molecular flexibility index (Phi) is 3.61. The van der Waals surface area contributed by atoms with E-state index in [1.165, 1.54) is 6.07 Å². The van der Waals surface area contributed by atoms with Crippen LogP contribution in [0, 0.1) is 11.8 Å². The molecule has 0 amide bonds. The van der Waals surface area contributed by atoms with E-state index in [0.717, 1.165) is 38.8 Å². The van der Waals surface area contributed by atoms with Gasteiger partial charge in [0.15, 0.2) is 5.69 Å². The Bertz CT molecular complexity index is 548. The number of rotatable bonds is 3. The molecule has 114 valence electrons. The van der Waals surface area contributed by atoms with Crippen LogP contribution in [0.2, 0.25) is 0 Å². The summed E-state index contributed by atoms with van der Waals surface area (Å²) in [6.45, 7) is 3.68.